The van der Waals surface area contributed by atoms with Crippen LogP contribution in [0.1, 0.15) is 42.9 Å². The van der Waals surface area contributed by atoms with Crippen molar-refractivity contribution in [2.75, 3.05) is 26.2 Å². The molecule has 1 aromatic carbocycles. The lowest BCUT2D eigenvalue weighted by Crippen LogP contribution is -2.39. The number of likely N-dealkylation sites (tertiary alicyclic amines) is 1. The molecule has 1 aliphatic carbocycles. The third kappa shape index (κ3) is 5.75. The number of ether oxygens (including phenoxy) is 2. The summed E-state index contributed by atoms with van der Waals surface area (Å²) in [6.07, 6.45) is 14.2. The Morgan fingerprint density at radius 3 is 2.59 bits per heavy atom. The highest BCUT2D eigenvalue weighted by atomic mass is 35.5. The molecule has 194 valence electrons. The molecule has 0 spiro atoms. The number of piperidine rings is 1. The fourth-order valence-corrected chi connectivity index (χ4v) is 6.14. The van der Waals surface area contributed by atoms with Gasteiger partial charge in [-0.25, -0.2) is 4.98 Å². The van der Waals surface area contributed by atoms with Crippen LogP contribution in [-0.4, -0.2) is 42.2 Å². The van der Waals surface area contributed by atoms with Crippen LogP contribution in [0.3, 0.4) is 0 Å². The van der Waals surface area contributed by atoms with E-state index in [1.807, 2.05) is 24.3 Å². The first-order valence-corrected chi connectivity index (χ1v) is 14.0. The second-order valence-corrected chi connectivity index (χ2v) is 11.2. The van der Waals surface area contributed by atoms with Gasteiger partial charge in [0.1, 0.15) is 12.2 Å². The van der Waals surface area contributed by atoms with E-state index in [-0.39, 0.29) is 0 Å². The van der Waals surface area contributed by atoms with Crippen LogP contribution in [-0.2, 0) is 11.3 Å². The fourth-order valence-electron chi connectivity index (χ4n) is 5.75. The van der Waals surface area contributed by atoms with E-state index in [1.54, 1.807) is 6.07 Å². The van der Waals surface area contributed by atoms with Crippen molar-refractivity contribution < 1.29 is 13.9 Å². The number of aromatic nitrogens is 1. The standard InChI is InChI=1S/C30H32Cl2N2O3/c31-26-9-8-23(30-25(26)17-28(32)37-30)19-36-29-7-3-6-27(33-29)20-10-13-34(14-11-20)18-22-5-2-1-4-21(22)16-24-12-15-35-24/h1-9,17,20-22,24H,10-16,18-19H2/t21-,22?,24?/m1/s1. The lowest BCUT2D eigenvalue weighted by atomic mass is 9.82. The van der Waals surface area contributed by atoms with Gasteiger partial charge in [0.15, 0.2) is 5.22 Å². The maximum atomic E-state index is 6.28. The normalized spacial score (nSPS) is 24.4. The number of pyridine rings is 1. The Morgan fingerprint density at radius 1 is 1.00 bits per heavy atom. The van der Waals surface area contributed by atoms with Crippen molar-refractivity contribution in [1.29, 1.82) is 0 Å². The van der Waals surface area contributed by atoms with Crippen LogP contribution in [0.25, 0.3) is 11.0 Å². The second kappa shape index (κ2) is 11.2. The molecule has 0 saturated carbocycles. The monoisotopic (exact) mass is 538 g/mol. The van der Waals surface area contributed by atoms with Crippen LogP contribution in [0.2, 0.25) is 10.2 Å². The maximum Gasteiger partial charge on any atom is 0.213 e. The van der Waals surface area contributed by atoms with Crippen LogP contribution >= 0.6 is 23.2 Å². The van der Waals surface area contributed by atoms with Crippen molar-refractivity contribution in [2.45, 2.75) is 44.3 Å². The minimum atomic E-state index is 0.315. The first kappa shape index (κ1) is 25.0. The van der Waals surface area contributed by atoms with Crippen LogP contribution in [0.5, 0.6) is 5.88 Å². The molecule has 2 unspecified atom stereocenters. The van der Waals surface area contributed by atoms with Crippen molar-refractivity contribution in [2.24, 2.45) is 11.8 Å². The van der Waals surface area contributed by atoms with E-state index in [4.69, 9.17) is 42.1 Å². The van der Waals surface area contributed by atoms with E-state index in [1.165, 1.54) is 6.42 Å². The van der Waals surface area contributed by atoms with E-state index < -0.39 is 0 Å². The van der Waals surface area contributed by atoms with Crippen molar-refractivity contribution in [3.8, 4) is 5.88 Å². The first-order valence-electron chi connectivity index (χ1n) is 13.3. The number of benzene rings is 1. The summed E-state index contributed by atoms with van der Waals surface area (Å²) in [6.45, 7) is 4.58. The molecule has 0 N–H and O–H groups in total. The largest absolute Gasteiger partial charge is 0.473 e. The summed E-state index contributed by atoms with van der Waals surface area (Å²) in [4.78, 5) is 7.48. The molecule has 4 heterocycles. The van der Waals surface area contributed by atoms with Crippen LogP contribution in [0.4, 0.5) is 0 Å². The summed E-state index contributed by atoms with van der Waals surface area (Å²) < 4.78 is 17.4. The molecule has 5 nitrogen and oxygen atoms in total. The van der Waals surface area contributed by atoms with Crippen LogP contribution < -0.4 is 4.74 Å². The molecule has 2 aliphatic heterocycles. The Morgan fingerprint density at radius 2 is 1.81 bits per heavy atom. The zero-order valence-electron chi connectivity index (χ0n) is 20.8. The van der Waals surface area contributed by atoms with Crippen molar-refractivity contribution in [3.05, 3.63) is 82.2 Å². The van der Waals surface area contributed by atoms with Gasteiger partial charge in [-0.05, 0) is 74.3 Å². The minimum absolute atomic E-state index is 0.315. The van der Waals surface area contributed by atoms with Gasteiger partial charge in [-0.1, -0.05) is 48.0 Å². The summed E-state index contributed by atoms with van der Waals surface area (Å²) in [5, 5.41) is 1.72. The number of rotatable bonds is 8. The van der Waals surface area contributed by atoms with Gasteiger partial charge in [0.05, 0.1) is 11.1 Å². The molecule has 37 heavy (non-hydrogen) atoms. The molecule has 7 heteroatoms. The quantitative estimate of drug-likeness (QED) is 0.298. The van der Waals surface area contributed by atoms with E-state index in [0.717, 1.165) is 62.1 Å². The number of allylic oxidation sites excluding steroid dienone is 3. The molecule has 2 aromatic heterocycles. The molecular formula is C30H32Cl2N2O3. The third-order valence-electron chi connectivity index (χ3n) is 7.98. The zero-order valence-corrected chi connectivity index (χ0v) is 22.3. The summed E-state index contributed by atoms with van der Waals surface area (Å²) in [7, 11) is 0. The Hall–Kier alpha value is -2.31. The van der Waals surface area contributed by atoms with Crippen LogP contribution in [0.15, 0.2) is 65.1 Å². The molecule has 6 rings (SSSR count). The van der Waals surface area contributed by atoms with Gasteiger partial charge >= 0.3 is 0 Å². The van der Waals surface area contributed by atoms with E-state index in [2.05, 4.69) is 35.3 Å². The predicted octanol–water partition coefficient (Wildman–Crippen LogP) is 7.43. The van der Waals surface area contributed by atoms with E-state index in [0.29, 0.717) is 52.2 Å². The maximum absolute atomic E-state index is 6.28. The molecule has 3 atom stereocenters. The van der Waals surface area contributed by atoms with Gasteiger partial charge in [0, 0.05) is 47.8 Å². The van der Waals surface area contributed by atoms with Crippen molar-refractivity contribution in [3.63, 3.8) is 0 Å². The van der Waals surface area contributed by atoms with Gasteiger partial charge in [0.2, 0.25) is 5.88 Å². The summed E-state index contributed by atoms with van der Waals surface area (Å²) in [6, 6.07) is 11.6. The van der Waals surface area contributed by atoms with Crippen LogP contribution in [0, 0.1) is 11.8 Å². The Kier molecular flexibility index (Phi) is 7.57. The zero-order chi connectivity index (χ0) is 25.2. The third-order valence-corrected chi connectivity index (χ3v) is 8.50. The van der Waals surface area contributed by atoms with Crippen molar-refractivity contribution >= 4 is 34.2 Å². The molecule has 0 radical (unpaired) electrons. The Bertz CT molecular complexity index is 1290. The van der Waals surface area contributed by atoms with Gasteiger partial charge in [0.25, 0.3) is 0 Å². The predicted molar refractivity (Wildman–Crippen MR) is 147 cm³/mol. The van der Waals surface area contributed by atoms with E-state index in [9.17, 15) is 0 Å². The molecule has 2 fully saturated rings. The number of hydrogen-bond acceptors (Lipinski definition) is 5. The average Bonchev–Trinajstić information content (AvgIpc) is 3.30. The Labute approximate surface area is 228 Å². The lowest BCUT2D eigenvalue weighted by molar-refractivity contribution is -0.0628. The SMILES string of the molecule is Clc1cc2c(Cl)ccc(COc3cccc(C4CCN(CC5C=CC=C[C@@H]5CC5CCO5)CC4)n3)c2o1. The smallest absolute Gasteiger partial charge is 0.213 e. The summed E-state index contributed by atoms with van der Waals surface area (Å²) in [5.74, 6) is 2.24. The number of hydrogen-bond donors (Lipinski definition) is 0. The average molecular weight is 540 g/mol. The molecular weight excluding hydrogens is 507 g/mol. The van der Waals surface area contributed by atoms with Gasteiger partial charge < -0.3 is 18.8 Å². The van der Waals surface area contributed by atoms with E-state index >= 15 is 0 Å². The molecule has 2 saturated heterocycles. The van der Waals surface area contributed by atoms with Crippen molar-refractivity contribution in [1.82, 2.24) is 9.88 Å². The highest BCUT2D eigenvalue weighted by molar-refractivity contribution is 6.36. The summed E-state index contributed by atoms with van der Waals surface area (Å²) >= 11 is 12.3. The Balaban J connectivity index is 1.04. The number of furan rings is 1. The molecule has 0 bridgehead atoms. The van der Waals surface area contributed by atoms with Gasteiger partial charge in [-0.3, -0.25) is 0 Å². The highest BCUT2D eigenvalue weighted by Gasteiger charge is 2.29. The molecule has 0 amide bonds. The van der Waals surface area contributed by atoms with Gasteiger partial charge in [-0.15, -0.1) is 0 Å². The molecule has 3 aromatic rings. The van der Waals surface area contributed by atoms with Gasteiger partial charge in [-0.2, -0.15) is 0 Å². The second-order valence-electron chi connectivity index (χ2n) is 10.4. The first-order chi connectivity index (χ1) is 18.1. The topological polar surface area (TPSA) is 47.7 Å². The minimum Gasteiger partial charge on any atom is -0.473 e. The number of nitrogens with zero attached hydrogens (tertiary/aromatic N) is 2. The molecule has 3 aliphatic rings. The lowest BCUT2D eigenvalue weighted by Gasteiger charge is -2.37. The fraction of sp³-hybridized carbons (Fsp3) is 0.433. The number of halogens is 2. The number of fused-ring (bicyclic) bond motifs is 1. The highest BCUT2D eigenvalue weighted by Crippen LogP contribution is 2.34. The summed E-state index contributed by atoms with van der Waals surface area (Å²) in [5.41, 5.74) is 2.66.